The smallest absolute Gasteiger partial charge is 0.231 e. The lowest BCUT2D eigenvalue weighted by atomic mass is 10.1. The van der Waals surface area contributed by atoms with Crippen LogP contribution in [-0.2, 0) is 6.61 Å². The van der Waals surface area contributed by atoms with Gasteiger partial charge in [0.25, 0.3) is 0 Å². The largest absolute Gasteiger partial charge is 0.489 e. The molecule has 0 saturated heterocycles. The zero-order valence-corrected chi connectivity index (χ0v) is 14.9. The number of ketones is 1. The minimum atomic E-state index is -0.321. The third-order valence-electron chi connectivity index (χ3n) is 4.16. The van der Waals surface area contributed by atoms with E-state index in [1.165, 1.54) is 6.07 Å². The quantitative estimate of drug-likeness (QED) is 0.547. The van der Waals surface area contributed by atoms with E-state index in [1.54, 1.807) is 66.7 Å². The van der Waals surface area contributed by atoms with Crippen molar-refractivity contribution in [1.82, 2.24) is 0 Å². The Balaban J connectivity index is 1.52. The highest BCUT2D eigenvalue weighted by atomic mass is 35.5. The summed E-state index contributed by atoms with van der Waals surface area (Å²) in [5.41, 5.74) is 1.73. The number of halogens is 2. The van der Waals surface area contributed by atoms with Gasteiger partial charge in [-0.2, -0.15) is 0 Å². The zero-order valence-electron chi connectivity index (χ0n) is 14.1. The normalized spacial score (nSPS) is 14.1. The Kier molecular flexibility index (Phi) is 4.65. The number of benzene rings is 3. The van der Waals surface area contributed by atoms with Crippen LogP contribution in [0, 0.1) is 5.82 Å². The van der Waals surface area contributed by atoms with Gasteiger partial charge in [0.05, 0.1) is 5.56 Å². The SMILES string of the molecule is O=C1C(=Cc2ccc(Cl)cc2)Oc2cc(OCc3ccccc3F)ccc21. The van der Waals surface area contributed by atoms with E-state index >= 15 is 0 Å². The fourth-order valence-electron chi connectivity index (χ4n) is 2.74. The van der Waals surface area contributed by atoms with Crippen LogP contribution >= 0.6 is 11.6 Å². The molecule has 3 aromatic carbocycles. The van der Waals surface area contributed by atoms with Gasteiger partial charge in [0, 0.05) is 16.7 Å². The topological polar surface area (TPSA) is 35.5 Å². The Morgan fingerprint density at radius 1 is 1.04 bits per heavy atom. The number of Topliss-reactive ketones (excluding diaryl/α,β-unsaturated/α-hetero) is 1. The predicted octanol–water partition coefficient (Wildman–Crippen LogP) is 5.67. The molecule has 0 spiro atoms. The number of ether oxygens (including phenoxy) is 2. The Morgan fingerprint density at radius 2 is 1.81 bits per heavy atom. The van der Waals surface area contributed by atoms with Gasteiger partial charge in [-0.3, -0.25) is 4.79 Å². The molecule has 0 amide bonds. The second kappa shape index (κ2) is 7.25. The lowest BCUT2D eigenvalue weighted by Crippen LogP contribution is -1.98. The van der Waals surface area contributed by atoms with E-state index in [0.717, 1.165) is 5.56 Å². The summed E-state index contributed by atoms with van der Waals surface area (Å²) in [6.07, 6.45) is 1.67. The van der Waals surface area contributed by atoms with E-state index in [4.69, 9.17) is 21.1 Å². The van der Waals surface area contributed by atoms with E-state index < -0.39 is 0 Å². The van der Waals surface area contributed by atoms with Crippen LogP contribution in [0.3, 0.4) is 0 Å². The third kappa shape index (κ3) is 3.71. The van der Waals surface area contributed by atoms with Gasteiger partial charge in [0.2, 0.25) is 5.78 Å². The summed E-state index contributed by atoms with van der Waals surface area (Å²) in [7, 11) is 0. The highest BCUT2D eigenvalue weighted by Gasteiger charge is 2.27. The number of carbonyl (C=O) groups is 1. The third-order valence-corrected chi connectivity index (χ3v) is 4.41. The van der Waals surface area contributed by atoms with Gasteiger partial charge in [-0.05, 0) is 42.0 Å². The fraction of sp³-hybridized carbons (Fsp3) is 0.0455. The summed E-state index contributed by atoms with van der Waals surface area (Å²) in [5, 5.41) is 0.621. The van der Waals surface area contributed by atoms with Crippen molar-refractivity contribution in [3.8, 4) is 11.5 Å². The molecule has 5 heteroatoms. The van der Waals surface area contributed by atoms with E-state index in [9.17, 15) is 9.18 Å². The first-order chi connectivity index (χ1) is 13.1. The maximum atomic E-state index is 13.7. The zero-order chi connectivity index (χ0) is 18.8. The minimum absolute atomic E-state index is 0.0902. The number of rotatable bonds is 4. The van der Waals surface area contributed by atoms with Crippen molar-refractivity contribution < 1.29 is 18.7 Å². The summed E-state index contributed by atoms with van der Waals surface area (Å²) >= 11 is 5.87. The van der Waals surface area contributed by atoms with Crippen LogP contribution in [0.25, 0.3) is 6.08 Å². The lowest BCUT2D eigenvalue weighted by molar-refractivity contribution is 0.101. The highest BCUT2D eigenvalue weighted by Crippen LogP contribution is 2.35. The van der Waals surface area contributed by atoms with Crippen LogP contribution in [0.2, 0.25) is 5.02 Å². The Hall–Kier alpha value is -3.11. The van der Waals surface area contributed by atoms with Gasteiger partial charge >= 0.3 is 0 Å². The maximum absolute atomic E-state index is 13.7. The first kappa shape index (κ1) is 17.3. The van der Waals surface area contributed by atoms with Crippen molar-refractivity contribution in [3.63, 3.8) is 0 Å². The first-order valence-corrected chi connectivity index (χ1v) is 8.68. The fourth-order valence-corrected chi connectivity index (χ4v) is 2.87. The van der Waals surface area contributed by atoms with E-state index in [2.05, 4.69) is 0 Å². The van der Waals surface area contributed by atoms with Crippen molar-refractivity contribution in [2.45, 2.75) is 6.61 Å². The summed E-state index contributed by atoms with van der Waals surface area (Å²) < 4.78 is 25.0. The number of carbonyl (C=O) groups excluding carboxylic acids is 1. The predicted molar refractivity (Wildman–Crippen MR) is 102 cm³/mol. The van der Waals surface area contributed by atoms with Crippen molar-refractivity contribution in [3.05, 3.63) is 100 Å². The standard InChI is InChI=1S/C22H14ClFO3/c23-16-7-5-14(6-8-16)11-21-22(25)18-10-9-17(12-20(18)27-21)26-13-15-3-1-2-4-19(15)24/h1-12H,13H2. The molecule has 0 fully saturated rings. The number of allylic oxidation sites excluding steroid dienone is 1. The molecule has 0 unspecified atom stereocenters. The molecule has 0 aromatic heterocycles. The second-order valence-corrected chi connectivity index (χ2v) is 6.47. The first-order valence-electron chi connectivity index (χ1n) is 8.30. The van der Waals surface area contributed by atoms with Crippen LogP contribution < -0.4 is 9.47 Å². The summed E-state index contributed by atoms with van der Waals surface area (Å²) in [6.45, 7) is 0.0902. The molecule has 1 heterocycles. The average molecular weight is 381 g/mol. The molecule has 1 aliphatic heterocycles. The van der Waals surface area contributed by atoms with Crippen molar-refractivity contribution in [2.75, 3.05) is 0 Å². The molecule has 3 nitrogen and oxygen atoms in total. The monoisotopic (exact) mass is 380 g/mol. The van der Waals surface area contributed by atoms with E-state index in [1.807, 2.05) is 0 Å². The molecule has 0 bridgehead atoms. The molecule has 0 atom stereocenters. The minimum Gasteiger partial charge on any atom is -0.489 e. The van der Waals surface area contributed by atoms with Crippen LogP contribution in [0.5, 0.6) is 11.5 Å². The van der Waals surface area contributed by atoms with Gasteiger partial charge < -0.3 is 9.47 Å². The summed E-state index contributed by atoms with van der Waals surface area (Å²) in [6, 6.07) is 18.5. The number of hydrogen-bond acceptors (Lipinski definition) is 3. The Morgan fingerprint density at radius 3 is 2.59 bits per heavy atom. The second-order valence-electron chi connectivity index (χ2n) is 6.03. The molecule has 3 aromatic rings. The van der Waals surface area contributed by atoms with Crippen molar-refractivity contribution in [2.24, 2.45) is 0 Å². The van der Waals surface area contributed by atoms with E-state index in [0.29, 0.717) is 27.6 Å². The van der Waals surface area contributed by atoms with Gasteiger partial charge in [-0.15, -0.1) is 0 Å². The number of fused-ring (bicyclic) bond motifs is 1. The van der Waals surface area contributed by atoms with Gasteiger partial charge in [0.1, 0.15) is 23.9 Å². The highest BCUT2D eigenvalue weighted by molar-refractivity contribution is 6.30. The molecule has 27 heavy (non-hydrogen) atoms. The van der Waals surface area contributed by atoms with Crippen LogP contribution in [0.15, 0.2) is 72.5 Å². The molecule has 0 radical (unpaired) electrons. The molecule has 0 N–H and O–H groups in total. The summed E-state index contributed by atoms with van der Waals surface area (Å²) in [5.74, 6) is 0.640. The molecule has 1 aliphatic rings. The van der Waals surface area contributed by atoms with Gasteiger partial charge in [-0.25, -0.2) is 4.39 Å². The maximum Gasteiger partial charge on any atom is 0.231 e. The Labute approximate surface area is 160 Å². The average Bonchev–Trinajstić information content (AvgIpc) is 2.98. The number of hydrogen-bond donors (Lipinski definition) is 0. The van der Waals surface area contributed by atoms with Crippen LogP contribution in [0.1, 0.15) is 21.5 Å². The van der Waals surface area contributed by atoms with Crippen molar-refractivity contribution >= 4 is 23.5 Å². The molecular weight excluding hydrogens is 367 g/mol. The van der Waals surface area contributed by atoms with Crippen molar-refractivity contribution in [1.29, 1.82) is 0 Å². The van der Waals surface area contributed by atoms with Gasteiger partial charge in [0.15, 0.2) is 5.76 Å². The van der Waals surface area contributed by atoms with Gasteiger partial charge in [-0.1, -0.05) is 41.9 Å². The lowest BCUT2D eigenvalue weighted by Gasteiger charge is -2.08. The van der Waals surface area contributed by atoms with Crippen LogP contribution in [-0.4, -0.2) is 5.78 Å². The molecule has 0 aliphatic carbocycles. The Bertz CT molecular complexity index is 1040. The summed E-state index contributed by atoms with van der Waals surface area (Å²) in [4.78, 5) is 12.5. The molecule has 134 valence electrons. The molecule has 0 saturated carbocycles. The van der Waals surface area contributed by atoms with E-state index in [-0.39, 0.29) is 24.0 Å². The molecule has 4 rings (SSSR count). The van der Waals surface area contributed by atoms with Crippen LogP contribution in [0.4, 0.5) is 4.39 Å². The molecular formula is C22H14ClFO3.